The van der Waals surface area contributed by atoms with E-state index in [1.165, 1.54) is 0 Å². The monoisotopic (exact) mass is 332 g/mol. The molecule has 0 bridgehead atoms. The van der Waals surface area contributed by atoms with Crippen LogP contribution in [0, 0.1) is 0 Å². The second kappa shape index (κ2) is 6.20. The fourth-order valence-corrected chi connectivity index (χ4v) is 2.69. The molecule has 0 spiro atoms. The van der Waals surface area contributed by atoms with Crippen molar-refractivity contribution in [3.63, 3.8) is 0 Å². The standard InChI is InChI=1S/C18H16N6O/c1-13(17-22-21-16-5-2-3-11-23(16)17)20-18(25)14-6-8-15(9-7-14)24-12-4-10-19-24/h2-13H,1H3,(H,20,25)/t13-/m1/s1. The molecule has 124 valence electrons. The van der Waals surface area contributed by atoms with Crippen LogP contribution in [-0.4, -0.2) is 30.3 Å². The highest BCUT2D eigenvalue weighted by Gasteiger charge is 2.16. The molecule has 0 radical (unpaired) electrons. The van der Waals surface area contributed by atoms with Gasteiger partial charge in [0.05, 0.1) is 11.7 Å². The van der Waals surface area contributed by atoms with E-state index in [-0.39, 0.29) is 11.9 Å². The Bertz CT molecular complexity index is 1000. The maximum atomic E-state index is 12.5. The van der Waals surface area contributed by atoms with Gasteiger partial charge in [0.15, 0.2) is 11.5 Å². The second-order valence-corrected chi connectivity index (χ2v) is 5.68. The molecule has 4 rings (SSSR count). The van der Waals surface area contributed by atoms with E-state index in [0.29, 0.717) is 11.4 Å². The van der Waals surface area contributed by atoms with Crippen molar-refractivity contribution in [1.82, 2.24) is 29.7 Å². The Labute approximate surface area is 143 Å². The van der Waals surface area contributed by atoms with Gasteiger partial charge in [0.25, 0.3) is 5.91 Å². The van der Waals surface area contributed by atoms with E-state index in [9.17, 15) is 4.79 Å². The third-order valence-electron chi connectivity index (χ3n) is 3.97. The smallest absolute Gasteiger partial charge is 0.251 e. The number of rotatable bonds is 4. The van der Waals surface area contributed by atoms with Gasteiger partial charge in [-0.3, -0.25) is 9.20 Å². The number of pyridine rings is 1. The first kappa shape index (κ1) is 15.1. The molecule has 3 heterocycles. The third kappa shape index (κ3) is 2.87. The molecule has 0 saturated heterocycles. The van der Waals surface area contributed by atoms with Crippen molar-refractivity contribution < 1.29 is 4.79 Å². The molecular weight excluding hydrogens is 316 g/mol. The molecule has 25 heavy (non-hydrogen) atoms. The van der Waals surface area contributed by atoms with E-state index in [1.54, 1.807) is 23.0 Å². The lowest BCUT2D eigenvalue weighted by atomic mass is 10.2. The zero-order valence-corrected chi connectivity index (χ0v) is 13.6. The van der Waals surface area contributed by atoms with Crippen LogP contribution in [0.25, 0.3) is 11.3 Å². The summed E-state index contributed by atoms with van der Waals surface area (Å²) in [6, 6.07) is 14.5. The quantitative estimate of drug-likeness (QED) is 0.622. The van der Waals surface area contributed by atoms with Gasteiger partial charge in [0.1, 0.15) is 0 Å². The Morgan fingerprint density at radius 3 is 2.64 bits per heavy atom. The van der Waals surface area contributed by atoms with Crippen LogP contribution in [0.2, 0.25) is 0 Å². The number of aromatic nitrogens is 5. The number of carbonyl (C=O) groups excluding carboxylic acids is 1. The molecule has 4 aromatic rings. The Hall–Kier alpha value is -3.48. The summed E-state index contributed by atoms with van der Waals surface area (Å²) in [5.41, 5.74) is 2.23. The second-order valence-electron chi connectivity index (χ2n) is 5.68. The van der Waals surface area contributed by atoms with Crippen LogP contribution in [-0.2, 0) is 0 Å². The van der Waals surface area contributed by atoms with Crippen molar-refractivity contribution in [1.29, 1.82) is 0 Å². The van der Waals surface area contributed by atoms with Gasteiger partial charge < -0.3 is 5.32 Å². The van der Waals surface area contributed by atoms with Crippen molar-refractivity contribution in [2.45, 2.75) is 13.0 Å². The molecule has 0 unspecified atom stereocenters. The van der Waals surface area contributed by atoms with Gasteiger partial charge >= 0.3 is 0 Å². The van der Waals surface area contributed by atoms with E-state index in [2.05, 4.69) is 20.6 Å². The number of hydrogen-bond donors (Lipinski definition) is 1. The predicted octanol–water partition coefficient (Wildman–Crippen LogP) is 2.41. The van der Waals surface area contributed by atoms with Crippen LogP contribution in [0.1, 0.15) is 29.1 Å². The number of fused-ring (bicyclic) bond motifs is 1. The molecule has 0 saturated carbocycles. The number of benzene rings is 1. The number of nitrogens with zero attached hydrogens (tertiary/aromatic N) is 5. The fourth-order valence-electron chi connectivity index (χ4n) is 2.69. The summed E-state index contributed by atoms with van der Waals surface area (Å²) < 4.78 is 3.61. The molecular formula is C18H16N6O. The van der Waals surface area contributed by atoms with Crippen LogP contribution < -0.4 is 5.32 Å². The summed E-state index contributed by atoms with van der Waals surface area (Å²) in [6.45, 7) is 1.89. The van der Waals surface area contributed by atoms with Crippen LogP contribution in [0.3, 0.4) is 0 Å². The number of nitrogens with one attached hydrogen (secondary N) is 1. The van der Waals surface area contributed by atoms with Gasteiger partial charge in [-0.1, -0.05) is 6.07 Å². The van der Waals surface area contributed by atoms with Gasteiger partial charge in [0.2, 0.25) is 0 Å². The fraction of sp³-hybridized carbons (Fsp3) is 0.111. The highest BCUT2D eigenvalue weighted by molar-refractivity contribution is 5.94. The molecule has 0 fully saturated rings. The number of hydrogen-bond acceptors (Lipinski definition) is 4. The summed E-state index contributed by atoms with van der Waals surface area (Å²) in [7, 11) is 0. The first-order valence-electron chi connectivity index (χ1n) is 7.93. The predicted molar refractivity (Wildman–Crippen MR) is 92.4 cm³/mol. The zero-order chi connectivity index (χ0) is 17.2. The van der Waals surface area contributed by atoms with Gasteiger partial charge in [-0.25, -0.2) is 4.68 Å². The van der Waals surface area contributed by atoms with Crippen LogP contribution in [0.4, 0.5) is 0 Å². The van der Waals surface area contributed by atoms with E-state index in [1.807, 2.05) is 60.1 Å². The largest absolute Gasteiger partial charge is 0.342 e. The van der Waals surface area contributed by atoms with Gasteiger partial charge in [-0.05, 0) is 49.4 Å². The zero-order valence-electron chi connectivity index (χ0n) is 13.6. The molecule has 7 heteroatoms. The lowest BCUT2D eigenvalue weighted by Gasteiger charge is -2.12. The van der Waals surface area contributed by atoms with Crippen molar-refractivity contribution in [3.8, 4) is 5.69 Å². The van der Waals surface area contributed by atoms with Crippen molar-refractivity contribution in [2.75, 3.05) is 0 Å². The molecule has 1 aromatic carbocycles. The van der Waals surface area contributed by atoms with E-state index < -0.39 is 0 Å². The first-order chi connectivity index (χ1) is 12.2. The van der Waals surface area contributed by atoms with Crippen molar-refractivity contribution in [3.05, 3.63) is 78.5 Å². The summed E-state index contributed by atoms with van der Waals surface area (Å²) >= 11 is 0. The van der Waals surface area contributed by atoms with Crippen molar-refractivity contribution >= 4 is 11.6 Å². The number of carbonyl (C=O) groups is 1. The maximum Gasteiger partial charge on any atom is 0.251 e. The molecule has 3 aromatic heterocycles. The molecule has 0 aliphatic carbocycles. The molecule has 7 nitrogen and oxygen atoms in total. The molecule has 1 atom stereocenters. The van der Waals surface area contributed by atoms with Crippen LogP contribution in [0.5, 0.6) is 0 Å². The minimum Gasteiger partial charge on any atom is -0.342 e. The topological polar surface area (TPSA) is 77.1 Å². The molecule has 0 aliphatic heterocycles. The normalized spacial score (nSPS) is 12.2. The van der Waals surface area contributed by atoms with E-state index in [0.717, 1.165) is 11.3 Å². The molecule has 1 N–H and O–H groups in total. The molecule has 0 aliphatic rings. The average Bonchev–Trinajstić information content (AvgIpc) is 3.31. The average molecular weight is 332 g/mol. The lowest BCUT2D eigenvalue weighted by molar-refractivity contribution is 0.0938. The van der Waals surface area contributed by atoms with Gasteiger partial charge in [-0.15, -0.1) is 10.2 Å². The first-order valence-corrected chi connectivity index (χ1v) is 7.93. The van der Waals surface area contributed by atoms with E-state index >= 15 is 0 Å². The lowest BCUT2D eigenvalue weighted by Crippen LogP contribution is -2.28. The highest BCUT2D eigenvalue weighted by Crippen LogP contribution is 2.14. The Kier molecular flexibility index (Phi) is 3.74. The summed E-state index contributed by atoms with van der Waals surface area (Å²) in [5, 5.41) is 15.4. The Morgan fingerprint density at radius 1 is 1.04 bits per heavy atom. The minimum atomic E-state index is -0.268. The summed E-state index contributed by atoms with van der Waals surface area (Å²) in [4.78, 5) is 12.5. The number of amides is 1. The Morgan fingerprint density at radius 2 is 1.88 bits per heavy atom. The summed E-state index contributed by atoms with van der Waals surface area (Å²) in [5.74, 6) is 0.532. The summed E-state index contributed by atoms with van der Waals surface area (Å²) in [6.07, 6.45) is 5.45. The van der Waals surface area contributed by atoms with E-state index in [4.69, 9.17) is 0 Å². The third-order valence-corrected chi connectivity index (χ3v) is 3.97. The van der Waals surface area contributed by atoms with Crippen LogP contribution in [0.15, 0.2) is 67.1 Å². The SMILES string of the molecule is C[C@@H](NC(=O)c1ccc(-n2cccn2)cc1)c1nnc2ccccn12. The van der Waals surface area contributed by atoms with Crippen LogP contribution >= 0.6 is 0 Å². The maximum absolute atomic E-state index is 12.5. The minimum absolute atomic E-state index is 0.160. The van der Waals surface area contributed by atoms with Gasteiger partial charge in [0, 0.05) is 24.2 Å². The Balaban J connectivity index is 1.51. The highest BCUT2D eigenvalue weighted by atomic mass is 16.1. The molecule has 1 amide bonds. The van der Waals surface area contributed by atoms with Gasteiger partial charge in [-0.2, -0.15) is 5.10 Å². The van der Waals surface area contributed by atoms with Crippen molar-refractivity contribution in [2.24, 2.45) is 0 Å².